The molecule has 0 saturated heterocycles. The number of aliphatic hydroxyl groups is 1. The number of allylic oxidation sites excluding steroid dienone is 1. The fourth-order valence-electron chi connectivity index (χ4n) is 4.00. The van der Waals surface area contributed by atoms with Crippen molar-refractivity contribution >= 4 is 0 Å². The lowest BCUT2D eigenvalue weighted by Crippen LogP contribution is -2.35. The van der Waals surface area contributed by atoms with E-state index in [1.807, 2.05) is 0 Å². The highest BCUT2D eigenvalue weighted by Crippen LogP contribution is 2.49. The monoisotopic (exact) mass is 222 g/mol. The van der Waals surface area contributed by atoms with Crippen molar-refractivity contribution in [3.63, 3.8) is 0 Å². The van der Waals surface area contributed by atoms with Crippen molar-refractivity contribution < 1.29 is 5.11 Å². The first-order valence-electron chi connectivity index (χ1n) is 6.88. The fourth-order valence-corrected chi connectivity index (χ4v) is 4.00. The standard InChI is InChI=1S/C15H26O/c1-9(2)12-7-5-10(3)13-8-6-11(4)14(13)15(12)16/h9,11-16H,3,5-8H2,1-2,4H3/t11-,12+,13+,14-,15-/m1/s1. The van der Waals surface area contributed by atoms with Crippen LogP contribution in [0.2, 0.25) is 0 Å². The summed E-state index contributed by atoms with van der Waals surface area (Å²) in [5.74, 6) is 2.84. The molecule has 0 spiro atoms. The Hall–Kier alpha value is -0.300. The minimum Gasteiger partial charge on any atom is -0.393 e. The maximum absolute atomic E-state index is 10.6. The first-order valence-corrected chi connectivity index (χ1v) is 6.88. The van der Waals surface area contributed by atoms with Gasteiger partial charge in [0.05, 0.1) is 6.10 Å². The molecule has 0 aromatic heterocycles. The van der Waals surface area contributed by atoms with Gasteiger partial charge in [0.1, 0.15) is 0 Å². The Morgan fingerprint density at radius 2 is 1.94 bits per heavy atom. The number of fused-ring (bicyclic) bond motifs is 1. The van der Waals surface area contributed by atoms with Gasteiger partial charge in [-0.3, -0.25) is 0 Å². The lowest BCUT2D eigenvalue weighted by atomic mass is 9.77. The van der Waals surface area contributed by atoms with E-state index in [1.54, 1.807) is 0 Å². The first kappa shape index (κ1) is 12.2. The van der Waals surface area contributed by atoms with Gasteiger partial charge in [0.2, 0.25) is 0 Å². The molecule has 0 radical (unpaired) electrons. The summed E-state index contributed by atoms with van der Waals surface area (Å²) in [4.78, 5) is 0. The van der Waals surface area contributed by atoms with Crippen LogP contribution < -0.4 is 0 Å². The van der Waals surface area contributed by atoms with Crippen molar-refractivity contribution in [2.24, 2.45) is 29.6 Å². The van der Waals surface area contributed by atoms with E-state index in [2.05, 4.69) is 27.4 Å². The topological polar surface area (TPSA) is 20.2 Å². The van der Waals surface area contributed by atoms with Crippen molar-refractivity contribution in [3.8, 4) is 0 Å². The number of rotatable bonds is 1. The number of hydrogen-bond acceptors (Lipinski definition) is 1. The van der Waals surface area contributed by atoms with E-state index in [1.165, 1.54) is 18.4 Å². The summed E-state index contributed by atoms with van der Waals surface area (Å²) in [7, 11) is 0. The second kappa shape index (κ2) is 4.52. The molecule has 92 valence electrons. The quantitative estimate of drug-likeness (QED) is 0.672. The molecule has 0 aliphatic heterocycles. The third kappa shape index (κ3) is 1.95. The molecule has 0 amide bonds. The third-order valence-corrected chi connectivity index (χ3v) is 5.07. The van der Waals surface area contributed by atoms with Crippen molar-refractivity contribution in [1.82, 2.24) is 0 Å². The van der Waals surface area contributed by atoms with Crippen LogP contribution in [0.4, 0.5) is 0 Å². The summed E-state index contributed by atoms with van der Waals surface area (Å²) in [6.07, 6.45) is 4.70. The predicted octanol–water partition coefficient (Wildman–Crippen LogP) is 3.63. The summed E-state index contributed by atoms with van der Waals surface area (Å²) in [5.41, 5.74) is 1.41. The molecule has 0 aromatic rings. The smallest absolute Gasteiger partial charge is 0.0607 e. The summed E-state index contributed by atoms with van der Waals surface area (Å²) in [6.45, 7) is 11.1. The van der Waals surface area contributed by atoms with Gasteiger partial charge in [-0.25, -0.2) is 0 Å². The molecule has 0 bridgehead atoms. The van der Waals surface area contributed by atoms with Crippen LogP contribution in [-0.4, -0.2) is 11.2 Å². The largest absolute Gasteiger partial charge is 0.393 e. The van der Waals surface area contributed by atoms with Crippen LogP contribution in [0.1, 0.15) is 46.5 Å². The summed E-state index contributed by atoms with van der Waals surface area (Å²) in [6, 6.07) is 0. The lowest BCUT2D eigenvalue weighted by molar-refractivity contribution is 0.0104. The van der Waals surface area contributed by atoms with Gasteiger partial charge in [0.25, 0.3) is 0 Å². The van der Waals surface area contributed by atoms with Gasteiger partial charge < -0.3 is 5.11 Å². The molecule has 1 heteroatoms. The Balaban J connectivity index is 2.24. The molecule has 2 aliphatic carbocycles. The highest BCUT2D eigenvalue weighted by atomic mass is 16.3. The Morgan fingerprint density at radius 1 is 1.25 bits per heavy atom. The van der Waals surface area contributed by atoms with E-state index in [4.69, 9.17) is 0 Å². The van der Waals surface area contributed by atoms with Gasteiger partial charge in [0, 0.05) is 0 Å². The van der Waals surface area contributed by atoms with Crippen LogP contribution >= 0.6 is 0 Å². The van der Waals surface area contributed by atoms with Crippen LogP contribution in [0.5, 0.6) is 0 Å². The molecule has 16 heavy (non-hydrogen) atoms. The molecule has 0 aromatic carbocycles. The molecule has 2 saturated carbocycles. The van der Waals surface area contributed by atoms with Crippen molar-refractivity contribution in [2.45, 2.75) is 52.6 Å². The molecule has 0 unspecified atom stereocenters. The average Bonchev–Trinajstić information content (AvgIpc) is 2.53. The van der Waals surface area contributed by atoms with E-state index in [9.17, 15) is 5.11 Å². The minimum atomic E-state index is -0.0956. The summed E-state index contributed by atoms with van der Waals surface area (Å²) < 4.78 is 0. The normalized spacial score (nSPS) is 44.6. The molecule has 2 aliphatic rings. The Kier molecular flexibility index (Phi) is 3.44. The molecule has 0 heterocycles. The highest BCUT2D eigenvalue weighted by Gasteiger charge is 2.44. The van der Waals surface area contributed by atoms with E-state index in [-0.39, 0.29) is 6.10 Å². The van der Waals surface area contributed by atoms with Gasteiger partial charge in [-0.1, -0.05) is 32.9 Å². The lowest BCUT2D eigenvalue weighted by Gasteiger charge is -2.32. The second-order valence-corrected chi connectivity index (χ2v) is 6.33. The molecular formula is C15H26O. The van der Waals surface area contributed by atoms with Crippen LogP contribution in [0.15, 0.2) is 12.2 Å². The molecule has 2 fully saturated rings. The van der Waals surface area contributed by atoms with Crippen molar-refractivity contribution in [3.05, 3.63) is 12.2 Å². The maximum Gasteiger partial charge on any atom is 0.0607 e. The van der Waals surface area contributed by atoms with Gasteiger partial charge >= 0.3 is 0 Å². The van der Waals surface area contributed by atoms with Crippen LogP contribution in [0.25, 0.3) is 0 Å². The number of aliphatic hydroxyl groups excluding tert-OH is 1. The minimum absolute atomic E-state index is 0.0956. The van der Waals surface area contributed by atoms with Gasteiger partial charge in [-0.05, 0) is 55.3 Å². The number of hydrogen-bond donors (Lipinski definition) is 1. The zero-order valence-corrected chi connectivity index (χ0v) is 10.9. The summed E-state index contributed by atoms with van der Waals surface area (Å²) >= 11 is 0. The zero-order chi connectivity index (χ0) is 11.9. The SMILES string of the molecule is C=C1CC[C@@H](C(C)C)[C@@H](O)[C@@H]2[C@H](C)CC[C@@H]12. The second-order valence-electron chi connectivity index (χ2n) is 6.33. The fraction of sp³-hybridized carbons (Fsp3) is 0.867. The Labute approximate surface area is 99.9 Å². The molecule has 1 N–H and O–H groups in total. The van der Waals surface area contributed by atoms with Crippen molar-refractivity contribution in [1.29, 1.82) is 0 Å². The van der Waals surface area contributed by atoms with Crippen LogP contribution in [0, 0.1) is 29.6 Å². The Morgan fingerprint density at radius 3 is 2.56 bits per heavy atom. The van der Waals surface area contributed by atoms with Gasteiger partial charge in [-0.2, -0.15) is 0 Å². The Bertz CT molecular complexity index is 269. The molecule has 5 atom stereocenters. The average molecular weight is 222 g/mol. The zero-order valence-electron chi connectivity index (χ0n) is 10.9. The molecule has 1 nitrogen and oxygen atoms in total. The van der Waals surface area contributed by atoms with Gasteiger partial charge in [-0.15, -0.1) is 0 Å². The van der Waals surface area contributed by atoms with E-state index in [0.29, 0.717) is 29.6 Å². The molecule has 2 rings (SSSR count). The van der Waals surface area contributed by atoms with E-state index >= 15 is 0 Å². The predicted molar refractivity (Wildman–Crippen MR) is 68.1 cm³/mol. The van der Waals surface area contributed by atoms with Crippen LogP contribution in [0.3, 0.4) is 0 Å². The van der Waals surface area contributed by atoms with Crippen molar-refractivity contribution in [2.75, 3.05) is 0 Å². The highest BCUT2D eigenvalue weighted by molar-refractivity contribution is 5.11. The molecular weight excluding hydrogens is 196 g/mol. The van der Waals surface area contributed by atoms with E-state index < -0.39 is 0 Å². The first-order chi connectivity index (χ1) is 7.52. The van der Waals surface area contributed by atoms with E-state index in [0.717, 1.165) is 12.8 Å². The summed E-state index contributed by atoms with van der Waals surface area (Å²) in [5, 5.41) is 10.6. The third-order valence-electron chi connectivity index (χ3n) is 5.07. The van der Waals surface area contributed by atoms with Gasteiger partial charge in [0.15, 0.2) is 0 Å². The maximum atomic E-state index is 10.6. The van der Waals surface area contributed by atoms with Crippen LogP contribution in [-0.2, 0) is 0 Å².